The van der Waals surface area contributed by atoms with Crippen LogP contribution < -0.4 is 15.0 Å². The van der Waals surface area contributed by atoms with Gasteiger partial charge in [0.2, 0.25) is 11.8 Å². The molecule has 0 bridgehead atoms. The molecular weight excluding hydrogens is 304 g/mol. The Morgan fingerprint density at radius 3 is 2.58 bits per heavy atom. The highest BCUT2D eigenvalue weighted by Crippen LogP contribution is 2.28. The van der Waals surface area contributed by atoms with E-state index in [0.29, 0.717) is 18.9 Å². The second-order valence-electron chi connectivity index (χ2n) is 6.98. The van der Waals surface area contributed by atoms with Gasteiger partial charge < -0.3 is 15.0 Å². The molecular formula is C19H26N2O3. The van der Waals surface area contributed by atoms with Gasteiger partial charge in [0.15, 0.2) is 0 Å². The van der Waals surface area contributed by atoms with Gasteiger partial charge in [-0.3, -0.25) is 9.59 Å². The quantitative estimate of drug-likeness (QED) is 0.923. The number of carbonyl (C=O) groups is 2. The van der Waals surface area contributed by atoms with Gasteiger partial charge in [-0.1, -0.05) is 19.8 Å². The van der Waals surface area contributed by atoms with Crippen molar-refractivity contribution >= 4 is 17.5 Å². The van der Waals surface area contributed by atoms with E-state index in [9.17, 15) is 9.59 Å². The van der Waals surface area contributed by atoms with Crippen LogP contribution in [0.3, 0.4) is 0 Å². The number of methoxy groups -OCH3 is 1. The average Bonchev–Trinajstić information content (AvgIpc) is 2.99. The van der Waals surface area contributed by atoms with Gasteiger partial charge in [-0.2, -0.15) is 0 Å². The monoisotopic (exact) mass is 330 g/mol. The molecule has 1 saturated carbocycles. The highest BCUT2D eigenvalue weighted by molar-refractivity contribution is 6.00. The first-order valence-corrected chi connectivity index (χ1v) is 8.83. The number of ether oxygens (including phenoxy) is 1. The molecule has 0 spiro atoms. The number of rotatable bonds is 4. The molecule has 1 aromatic carbocycles. The van der Waals surface area contributed by atoms with Crippen molar-refractivity contribution in [2.45, 2.75) is 45.1 Å². The van der Waals surface area contributed by atoms with Crippen LogP contribution in [0.2, 0.25) is 0 Å². The second kappa shape index (κ2) is 7.24. The molecule has 2 aliphatic rings. The predicted molar refractivity (Wildman–Crippen MR) is 93.0 cm³/mol. The molecule has 5 nitrogen and oxygen atoms in total. The van der Waals surface area contributed by atoms with Gasteiger partial charge in [0, 0.05) is 24.7 Å². The van der Waals surface area contributed by atoms with Crippen molar-refractivity contribution < 1.29 is 14.3 Å². The summed E-state index contributed by atoms with van der Waals surface area (Å²) < 4.78 is 5.15. The van der Waals surface area contributed by atoms with E-state index in [4.69, 9.17) is 4.74 Å². The zero-order valence-electron chi connectivity index (χ0n) is 14.5. The maximum Gasteiger partial charge on any atom is 0.227 e. The van der Waals surface area contributed by atoms with E-state index in [1.165, 1.54) is 19.3 Å². The molecule has 1 heterocycles. The lowest BCUT2D eigenvalue weighted by molar-refractivity contribution is -0.127. The number of anilines is 1. The van der Waals surface area contributed by atoms with E-state index in [2.05, 4.69) is 12.2 Å². The van der Waals surface area contributed by atoms with Crippen LogP contribution in [0.25, 0.3) is 0 Å². The summed E-state index contributed by atoms with van der Waals surface area (Å²) in [5.74, 6) is 1.06. The molecule has 2 amide bonds. The molecule has 5 heteroatoms. The third kappa shape index (κ3) is 3.55. The maximum atomic E-state index is 12.6. The minimum atomic E-state index is -0.256. The average molecular weight is 330 g/mol. The van der Waals surface area contributed by atoms with Crippen molar-refractivity contribution in [3.8, 4) is 5.75 Å². The van der Waals surface area contributed by atoms with Gasteiger partial charge >= 0.3 is 0 Å². The first-order valence-electron chi connectivity index (χ1n) is 8.83. The smallest absolute Gasteiger partial charge is 0.227 e. The van der Waals surface area contributed by atoms with E-state index in [0.717, 1.165) is 17.9 Å². The van der Waals surface area contributed by atoms with Gasteiger partial charge in [0.1, 0.15) is 5.75 Å². The summed E-state index contributed by atoms with van der Waals surface area (Å²) in [5.41, 5.74) is 0.821. The Kier molecular flexibility index (Phi) is 5.07. The summed E-state index contributed by atoms with van der Waals surface area (Å²) in [7, 11) is 1.61. The van der Waals surface area contributed by atoms with Gasteiger partial charge in [-0.15, -0.1) is 0 Å². The van der Waals surface area contributed by atoms with Crippen LogP contribution in [0, 0.1) is 11.8 Å². The summed E-state index contributed by atoms with van der Waals surface area (Å²) >= 11 is 0. The summed E-state index contributed by atoms with van der Waals surface area (Å²) in [4.78, 5) is 26.6. The Hall–Kier alpha value is -2.04. The van der Waals surface area contributed by atoms with Crippen LogP contribution in [-0.2, 0) is 9.59 Å². The van der Waals surface area contributed by atoms with Crippen LogP contribution in [-0.4, -0.2) is 31.5 Å². The maximum absolute atomic E-state index is 12.6. The van der Waals surface area contributed by atoms with Gasteiger partial charge in [0.25, 0.3) is 0 Å². The first kappa shape index (κ1) is 16.8. The van der Waals surface area contributed by atoms with E-state index in [-0.39, 0.29) is 23.8 Å². The minimum absolute atomic E-state index is 0.0111. The van der Waals surface area contributed by atoms with Crippen molar-refractivity contribution in [1.82, 2.24) is 5.32 Å². The Balaban J connectivity index is 1.62. The summed E-state index contributed by atoms with van der Waals surface area (Å²) in [6.45, 7) is 2.66. The molecule has 130 valence electrons. The number of hydrogen-bond acceptors (Lipinski definition) is 3. The molecule has 2 fully saturated rings. The van der Waals surface area contributed by atoms with Crippen LogP contribution in [0.15, 0.2) is 24.3 Å². The lowest BCUT2D eigenvalue weighted by atomic mass is 9.85. The fourth-order valence-corrected chi connectivity index (χ4v) is 3.73. The molecule has 3 atom stereocenters. The molecule has 1 aliphatic heterocycles. The largest absolute Gasteiger partial charge is 0.497 e. The number of amides is 2. The predicted octanol–water partition coefficient (Wildman–Crippen LogP) is 2.74. The number of nitrogens with zero attached hydrogens (tertiary/aromatic N) is 1. The number of benzene rings is 1. The fraction of sp³-hybridized carbons (Fsp3) is 0.579. The Morgan fingerprint density at radius 2 is 1.92 bits per heavy atom. The Morgan fingerprint density at radius 1 is 1.21 bits per heavy atom. The zero-order valence-corrected chi connectivity index (χ0v) is 14.5. The molecule has 0 unspecified atom stereocenters. The molecule has 1 aromatic rings. The first-order chi connectivity index (χ1) is 11.6. The normalized spacial score (nSPS) is 27.2. The Labute approximate surface area is 143 Å². The third-order valence-corrected chi connectivity index (χ3v) is 5.32. The molecule has 3 rings (SSSR count). The second-order valence-corrected chi connectivity index (χ2v) is 6.98. The summed E-state index contributed by atoms with van der Waals surface area (Å²) in [6.07, 6.45) is 4.94. The molecule has 1 aliphatic carbocycles. The van der Waals surface area contributed by atoms with Gasteiger partial charge in [0.05, 0.1) is 13.0 Å². The zero-order chi connectivity index (χ0) is 17.1. The van der Waals surface area contributed by atoms with Crippen molar-refractivity contribution in [2.75, 3.05) is 18.6 Å². The molecule has 0 aromatic heterocycles. The third-order valence-electron chi connectivity index (χ3n) is 5.32. The topological polar surface area (TPSA) is 58.6 Å². The molecule has 24 heavy (non-hydrogen) atoms. The highest BCUT2D eigenvalue weighted by atomic mass is 16.5. The van der Waals surface area contributed by atoms with E-state index >= 15 is 0 Å². The number of nitrogens with one attached hydrogen (secondary N) is 1. The molecule has 1 saturated heterocycles. The highest BCUT2D eigenvalue weighted by Gasteiger charge is 2.36. The van der Waals surface area contributed by atoms with E-state index in [1.54, 1.807) is 12.0 Å². The SMILES string of the molecule is COc1ccc(N2C[C@H](C(=O)N[C@H]3CCCC[C@H]3C)CC2=O)cc1. The Bertz CT molecular complexity index is 599. The number of carbonyl (C=O) groups excluding carboxylic acids is 2. The summed E-state index contributed by atoms with van der Waals surface area (Å²) in [5, 5.41) is 3.18. The molecule has 0 radical (unpaired) electrons. The van der Waals surface area contributed by atoms with Crippen LogP contribution >= 0.6 is 0 Å². The lowest BCUT2D eigenvalue weighted by Crippen LogP contribution is -2.44. The van der Waals surface area contributed by atoms with Gasteiger partial charge in [-0.25, -0.2) is 0 Å². The van der Waals surface area contributed by atoms with Crippen LogP contribution in [0.1, 0.15) is 39.0 Å². The summed E-state index contributed by atoms with van der Waals surface area (Å²) in [6, 6.07) is 7.65. The van der Waals surface area contributed by atoms with Crippen molar-refractivity contribution in [1.29, 1.82) is 0 Å². The molecule has 1 N–H and O–H groups in total. The van der Waals surface area contributed by atoms with Gasteiger partial charge in [-0.05, 0) is 43.0 Å². The minimum Gasteiger partial charge on any atom is -0.497 e. The van der Waals surface area contributed by atoms with E-state index in [1.807, 2.05) is 24.3 Å². The van der Waals surface area contributed by atoms with E-state index < -0.39 is 0 Å². The fourth-order valence-electron chi connectivity index (χ4n) is 3.73. The van der Waals surface area contributed by atoms with Crippen molar-refractivity contribution in [3.63, 3.8) is 0 Å². The number of hydrogen-bond donors (Lipinski definition) is 1. The standard InChI is InChI=1S/C19H26N2O3/c1-13-5-3-4-6-17(13)20-19(23)14-11-18(22)21(12-14)15-7-9-16(24-2)10-8-15/h7-10,13-14,17H,3-6,11-12H2,1-2H3,(H,20,23)/t13-,14-,17+/m1/s1. The van der Waals surface area contributed by atoms with Crippen molar-refractivity contribution in [3.05, 3.63) is 24.3 Å². The van der Waals surface area contributed by atoms with Crippen LogP contribution in [0.4, 0.5) is 5.69 Å². The lowest BCUT2D eigenvalue weighted by Gasteiger charge is -2.30. The van der Waals surface area contributed by atoms with Crippen molar-refractivity contribution in [2.24, 2.45) is 11.8 Å². The van der Waals surface area contributed by atoms with Crippen LogP contribution in [0.5, 0.6) is 5.75 Å².